The second-order valence-electron chi connectivity index (χ2n) is 4.58. The van der Waals surface area contributed by atoms with Gasteiger partial charge in [0, 0.05) is 5.57 Å². The van der Waals surface area contributed by atoms with Crippen molar-refractivity contribution in [3.05, 3.63) is 23.8 Å². The van der Waals surface area contributed by atoms with Gasteiger partial charge in [-0.05, 0) is 24.3 Å². The van der Waals surface area contributed by atoms with Gasteiger partial charge in [-0.3, -0.25) is 4.79 Å². The molecule has 3 heteroatoms. The molecule has 1 saturated carbocycles. The van der Waals surface area contributed by atoms with Crippen LogP contribution in [0.2, 0.25) is 0 Å². The molecular weight excluding hydrogens is 202 g/mol. The van der Waals surface area contributed by atoms with Crippen molar-refractivity contribution < 1.29 is 9.53 Å². The zero-order chi connectivity index (χ0) is 12.3. The maximum atomic E-state index is 11.5. The van der Waals surface area contributed by atoms with Gasteiger partial charge in [0.05, 0.1) is 19.1 Å². The number of methoxy groups -OCH3 is 1. The van der Waals surface area contributed by atoms with E-state index in [1.807, 2.05) is 32.9 Å². The fourth-order valence-electron chi connectivity index (χ4n) is 2.07. The van der Waals surface area contributed by atoms with Gasteiger partial charge in [0.25, 0.3) is 0 Å². The Kier molecular flexibility index (Phi) is 3.54. The van der Waals surface area contributed by atoms with Crippen molar-refractivity contribution in [2.75, 3.05) is 7.11 Å². The van der Waals surface area contributed by atoms with Crippen molar-refractivity contribution in [3.63, 3.8) is 0 Å². The third-order valence-corrected chi connectivity index (χ3v) is 3.20. The SMILES string of the molecule is C/C=C/C(C#N)=C/[C@@H]1[C@@H](C(=O)OC)C1(C)C. The van der Waals surface area contributed by atoms with E-state index < -0.39 is 0 Å². The predicted molar refractivity (Wildman–Crippen MR) is 61.3 cm³/mol. The Balaban J connectivity index is 2.85. The Labute approximate surface area is 96.4 Å². The number of esters is 1. The van der Waals surface area contributed by atoms with E-state index in [0.29, 0.717) is 5.57 Å². The minimum atomic E-state index is -0.191. The molecule has 1 rings (SSSR count). The van der Waals surface area contributed by atoms with Crippen LogP contribution in [0.25, 0.3) is 0 Å². The summed E-state index contributed by atoms with van der Waals surface area (Å²) in [5.41, 5.74) is 0.503. The number of ether oxygens (including phenoxy) is 1. The van der Waals surface area contributed by atoms with E-state index in [1.54, 1.807) is 6.08 Å². The first-order valence-corrected chi connectivity index (χ1v) is 5.31. The second kappa shape index (κ2) is 4.52. The van der Waals surface area contributed by atoms with Gasteiger partial charge in [-0.2, -0.15) is 5.26 Å². The molecule has 0 bridgehead atoms. The number of nitriles is 1. The van der Waals surface area contributed by atoms with E-state index in [-0.39, 0.29) is 23.2 Å². The topological polar surface area (TPSA) is 50.1 Å². The molecule has 0 aromatic carbocycles. The van der Waals surface area contributed by atoms with E-state index in [0.717, 1.165) is 0 Å². The van der Waals surface area contributed by atoms with Crippen molar-refractivity contribution >= 4 is 5.97 Å². The Morgan fingerprint density at radius 3 is 2.56 bits per heavy atom. The summed E-state index contributed by atoms with van der Waals surface area (Å²) in [5.74, 6) is -0.207. The van der Waals surface area contributed by atoms with Crippen LogP contribution in [-0.2, 0) is 9.53 Å². The maximum Gasteiger partial charge on any atom is 0.309 e. The molecule has 2 atom stereocenters. The van der Waals surface area contributed by atoms with Crippen molar-refractivity contribution in [2.24, 2.45) is 17.3 Å². The normalized spacial score (nSPS) is 27.6. The summed E-state index contributed by atoms with van der Waals surface area (Å²) in [6.45, 7) is 5.89. The summed E-state index contributed by atoms with van der Waals surface area (Å²) in [6.07, 6.45) is 5.43. The molecule has 1 aliphatic rings. The first kappa shape index (κ1) is 12.5. The summed E-state index contributed by atoms with van der Waals surface area (Å²) in [4.78, 5) is 11.5. The number of rotatable bonds is 3. The van der Waals surface area contributed by atoms with Crippen LogP contribution in [0.4, 0.5) is 0 Å². The minimum absolute atomic E-state index is 0.100. The van der Waals surface area contributed by atoms with E-state index in [9.17, 15) is 4.79 Å². The second-order valence-corrected chi connectivity index (χ2v) is 4.58. The Morgan fingerprint density at radius 2 is 2.12 bits per heavy atom. The van der Waals surface area contributed by atoms with Crippen molar-refractivity contribution in [2.45, 2.75) is 20.8 Å². The number of carbonyl (C=O) groups excluding carboxylic acids is 1. The van der Waals surface area contributed by atoms with Gasteiger partial charge in [-0.1, -0.05) is 26.0 Å². The molecule has 0 aliphatic heterocycles. The molecule has 86 valence electrons. The summed E-state index contributed by atoms with van der Waals surface area (Å²) >= 11 is 0. The van der Waals surface area contributed by atoms with Gasteiger partial charge >= 0.3 is 5.97 Å². The third-order valence-electron chi connectivity index (χ3n) is 3.20. The smallest absolute Gasteiger partial charge is 0.309 e. The lowest BCUT2D eigenvalue weighted by atomic mass is 10.1. The van der Waals surface area contributed by atoms with Crippen LogP contribution in [0.3, 0.4) is 0 Å². The largest absolute Gasteiger partial charge is 0.469 e. The molecule has 0 radical (unpaired) electrons. The number of allylic oxidation sites excluding steroid dienone is 4. The third kappa shape index (κ3) is 2.16. The standard InChI is InChI=1S/C13H17NO2/c1-5-6-9(8-14)7-10-11(12(15)16-4)13(10,2)3/h5-7,10-11H,1-4H3/b6-5+,9-7-/t10-,11+/m1/s1. The lowest BCUT2D eigenvalue weighted by molar-refractivity contribution is -0.143. The number of hydrogen-bond acceptors (Lipinski definition) is 3. The number of nitrogens with zero attached hydrogens (tertiary/aromatic N) is 1. The zero-order valence-electron chi connectivity index (χ0n) is 10.2. The van der Waals surface area contributed by atoms with Crippen molar-refractivity contribution in [1.29, 1.82) is 5.26 Å². The zero-order valence-corrected chi connectivity index (χ0v) is 10.2. The average Bonchev–Trinajstić information content (AvgIpc) is 2.78. The Hall–Kier alpha value is -1.56. The molecule has 0 N–H and O–H groups in total. The Bertz CT molecular complexity index is 385. The molecule has 0 aromatic rings. The minimum Gasteiger partial charge on any atom is -0.469 e. The fraction of sp³-hybridized carbons (Fsp3) is 0.538. The van der Waals surface area contributed by atoms with Crippen LogP contribution in [0, 0.1) is 28.6 Å². The van der Waals surface area contributed by atoms with Gasteiger partial charge in [0.15, 0.2) is 0 Å². The van der Waals surface area contributed by atoms with E-state index in [4.69, 9.17) is 10.00 Å². The highest BCUT2D eigenvalue weighted by Crippen LogP contribution is 2.59. The highest BCUT2D eigenvalue weighted by Gasteiger charge is 2.61. The van der Waals surface area contributed by atoms with Gasteiger partial charge in [0.1, 0.15) is 0 Å². The molecule has 0 heterocycles. The molecular formula is C13H17NO2. The summed E-state index contributed by atoms with van der Waals surface area (Å²) in [5, 5.41) is 8.90. The summed E-state index contributed by atoms with van der Waals surface area (Å²) < 4.78 is 4.75. The molecule has 0 saturated heterocycles. The molecule has 0 unspecified atom stereocenters. The van der Waals surface area contributed by atoms with E-state index in [2.05, 4.69) is 6.07 Å². The molecule has 0 spiro atoms. The number of hydrogen-bond donors (Lipinski definition) is 0. The van der Waals surface area contributed by atoms with Gasteiger partial charge in [-0.15, -0.1) is 0 Å². The van der Waals surface area contributed by atoms with Gasteiger partial charge in [-0.25, -0.2) is 0 Å². The molecule has 0 aromatic heterocycles. The van der Waals surface area contributed by atoms with Crippen LogP contribution in [0.5, 0.6) is 0 Å². The lowest BCUT2D eigenvalue weighted by Crippen LogP contribution is -2.07. The molecule has 0 amide bonds. The molecule has 16 heavy (non-hydrogen) atoms. The summed E-state index contributed by atoms with van der Waals surface area (Å²) in [6, 6.07) is 2.11. The van der Waals surface area contributed by atoms with E-state index in [1.165, 1.54) is 7.11 Å². The monoisotopic (exact) mass is 219 g/mol. The average molecular weight is 219 g/mol. The predicted octanol–water partition coefficient (Wildman–Crippen LogP) is 2.46. The summed E-state index contributed by atoms with van der Waals surface area (Å²) in [7, 11) is 1.40. The van der Waals surface area contributed by atoms with Crippen molar-refractivity contribution in [3.8, 4) is 6.07 Å². The number of carbonyl (C=O) groups is 1. The van der Waals surface area contributed by atoms with Crippen LogP contribution in [-0.4, -0.2) is 13.1 Å². The van der Waals surface area contributed by atoms with Crippen LogP contribution >= 0.6 is 0 Å². The first-order valence-electron chi connectivity index (χ1n) is 5.31. The van der Waals surface area contributed by atoms with Gasteiger partial charge < -0.3 is 4.74 Å². The molecule has 1 aliphatic carbocycles. The van der Waals surface area contributed by atoms with Crippen molar-refractivity contribution in [1.82, 2.24) is 0 Å². The highest BCUT2D eigenvalue weighted by molar-refractivity contribution is 5.78. The first-order chi connectivity index (χ1) is 7.48. The van der Waals surface area contributed by atoms with Crippen LogP contribution in [0.15, 0.2) is 23.8 Å². The highest BCUT2D eigenvalue weighted by atomic mass is 16.5. The lowest BCUT2D eigenvalue weighted by Gasteiger charge is -1.99. The molecule has 3 nitrogen and oxygen atoms in total. The molecule has 1 fully saturated rings. The van der Waals surface area contributed by atoms with Crippen LogP contribution in [0.1, 0.15) is 20.8 Å². The van der Waals surface area contributed by atoms with E-state index >= 15 is 0 Å². The maximum absolute atomic E-state index is 11.5. The van der Waals surface area contributed by atoms with Crippen LogP contribution < -0.4 is 0 Å². The van der Waals surface area contributed by atoms with Gasteiger partial charge in [0.2, 0.25) is 0 Å². The quantitative estimate of drug-likeness (QED) is 0.416. The fourth-order valence-corrected chi connectivity index (χ4v) is 2.07. The Morgan fingerprint density at radius 1 is 1.50 bits per heavy atom.